The van der Waals surface area contributed by atoms with Gasteiger partial charge in [0.05, 0.1) is 4.91 Å². The summed E-state index contributed by atoms with van der Waals surface area (Å²) in [7, 11) is 0. The average Bonchev–Trinajstić information content (AvgIpc) is 2.94. The standard InChI is InChI=1S/C20H15NO4S2/c22-12-15-8-6-14(7-9-15)11-17-18(23)21(20(26)27-17)16(19(24)25)10-13-4-2-1-3-5-13/h1-9,11-12,16H,10H2,(H,24,25)/b17-11-/t16-/m1/s1. The summed E-state index contributed by atoms with van der Waals surface area (Å²) in [5.74, 6) is -1.53. The predicted molar refractivity (Wildman–Crippen MR) is 108 cm³/mol. The summed E-state index contributed by atoms with van der Waals surface area (Å²) in [5.41, 5.74) is 2.08. The SMILES string of the molecule is O=Cc1ccc(/C=C2\SC(=S)N([C@H](Cc3ccccc3)C(=O)O)C2=O)cc1. The van der Waals surface area contributed by atoms with E-state index in [1.165, 1.54) is 4.90 Å². The number of hydrogen-bond acceptors (Lipinski definition) is 5. The summed E-state index contributed by atoms with van der Waals surface area (Å²) in [5, 5.41) is 9.65. The van der Waals surface area contributed by atoms with Crippen molar-refractivity contribution in [1.82, 2.24) is 4.90 Å². The number of aldehydes is 1. The van der Waals surface area contributed by atoms with Crippen molar-refractivity contribution in [2.75, 3.05) is 0 Å². The molecule has 1 aliphatic heterocycles. The molecule has 0 radical (unpaired) electrons. The molecule has 136 valence electrons. The molecular weight excluding hydrogens is 382 g/mol. The lowest BCUT2D eigenvalue weighted by atomic mass is 10.0. The molecule has 0 aliphatic carbocycles. The lowest BCUT2D eigenvalue weighted by molar-refractivity contribution is -0.145. The van der Waals surface area contributed by atoms with E-state index in [0.29, 0.717) is 10.5 Å². The van der Waals surface area contributed by atoms with Crippen LogP contribution in [0.15, 0.2) is 59.5 Å². The Balaban J connectivity index is 1.85. The predicted octanol–water partition coefficient (Wildman–Crippen LogP) is 3.40. The van der Waals surface area contributed by atoms with Crippen molar-refractivity contribution in [3.05, 3.63) is 76.2 Å². The van der Waals surface area contributed by atoms with Gasteiger partial charge in [-0.25, -0.2) is 4.79 Å². The number of carbonyl (C=O) groups is 3. The van der Waals surface area contributed by atoms with Gasteiger partial charge in [0.1, 0.15) is 16.6 Å². The molecule has 1 atom stereocenters. The molecule has 3 rings (SSSR count). The minimum Gasteiger partial charge on any atom is -0.480 e. The maximum Gasteiger partial charge on any atom is 0.327 e. The van der Waals surface area contributed by atoms with Gasteiger partial charge in [0, 0.05) is 12.0 Å². The molecule has 1 aliphatic rings. The van der Waals surface area contributed by atoms with E-state index in [4.69, 9.17) is 12.2 Å². The number of thioether (sulfide) groups is 1. The van der Waals surface area contributed by atoms with E-state index in [-0.39, 0.29) is 10.7 Å². The Morgan fingerprint density at radius 2 is 1.74 bits per heavy atom. The average molecular weight is 397 g/mol. The van der Waals surface area contributed by atoms with Crippen LogP contribution in [0.1, 0.15) is 21.5 Å². The zero-order valence-electron chi connectivity index (χ0n) is 14.1. The summed E-state index contributed by atoms with van der Waals surface area (Å²) in [6.07, 6.45) is 2.56. The smallest absolute Gasteiger partial charge is 0.327 e. The second kappa shape index (κ2) is 8.28. The molecule has 1 heterocycles. The summed E-state index contributed by atoms with van der Waals surface area (Å²) >= 11 is 6.36. The number of rotatable bonds is 6. The highest BCUT2D eigenvalue weighted by Gasteiger charge is 2.40. The molecule has 1 N–H and O–H groups in total. The first kappa shape index (κ1) is 19.0. The van der Waals surface area contributed by atoms with Gasteiger partial charge >= 0.3 is 5.97 Å². The highest BCUT2D eigenvalue weighted by molar-refractivity contribution is 8.26. The van der Waals surface area contributed by atoms with Gasteiger partial charge in [-0.2, -0.15) is 0 Å². The molecule has 0 spiro atoms. The topological polar surface area (TPSA) is 74.7 Å². The fraction of sp³-hybridized carbons (Fsp3) is 0.100. The van der Waals surface area contributed by atoms with Crippen LogP contribution < -0.4 is 0 Å². The van der Waals surface area contributed by atoms with Crippen LogP contribution in [0.3, 0.4) is 0 Å². The third-order valence-corrected chi connectivity index (χ3v) is 5.39. The van der Waals surface area contributed by atoms with Crippen LogP contribution >= 0.6 is 24.0 Å². The molecule has 2 aromatic carbocycles. The van der Waals surface area contributed by atoms with Crippen LogP contribution in [-0.2, 0) is 16.0 Å². The Morgan fingerprint density at radius 1 is 1.11 bits per heavy atom. The molecule has 1 fully saturated rings. The third-order valence-electron chi connectivity index (χ3n) is 4.06. The molecule has 0 aromatic heterocycles. The maximum absolute atomic E-state index is 12.8. The van der Waals surface area contributed by atoms with Gasteiger partial charge in [0.15, 0.2) is 0 Å². The third kappa shape index (κ3) is 4.32. The summed E-state index contributed by atoms with van der Waals surface area (Å²) in [6, 6.07) is 14.8. The van der Waals surface area contributed by atoms with E-state index < -0.39 is 17.9 Å². The molecule has 1 saturated heterocycles. The lowest BCUT2D eigenvalue weighted by Gasteiger charge is -2.23. The number of thiocarbonyl (C=S) groups is 1. The first-order valence-corrected chi connectivity index (χ1v) is 9.31. The molecule has 1 amide bonds. The largest absolute Gasteiger partial charge is 0.480 e. The Kier molecular flexibility index (Phi) is 5.83. The molecular formula is C20H15NO4S2. The number of benzene rings is 2. The quantitative estimate of drug-likeness (QED) is 0.458. The van der Waals surface area contributed by atoms with Crippen molar-refractivity contribution in [2.24, 2.45) is 0 Å². The summed E-state index contributed by atoms with van der Waals surface area (Å²) in [6.45, 7) is 0. The van der Waals surface area contributed by atoms with Crippen molar-refractivity contribution in [1.29, 1.82) is 0 Å². The molecule has 0 unspecified atom stereocenters. The first-order valence-electron chi connectivity index (χ1n) is 8.08. The number of carbonyl (C=O) groups excluding carboxylic acids is 2. The molecule has 5 nitrogen and oxygen atoms in total. The van der Waals surface area contributed by atoms with Crippen molar-refractivity contribution in [3.63, 3.8) is 0 Å². The van der Waals surface area contributed by atoms with Crippen molar-refractivity contribution < 1.29 is 19.5 Å². The number of carboxylic acids is 1. The van der Waals surface area contributed by atoms with Crippen LogP contribution in [0.25, 0.3) is 6.08 Å². The van der Waals surface area contributed by atoms with E-state index in [0.717, 1.165) is 29.2 Å². The number of hydrogen-bond donors (Lipinski definition) is 1. The first-order chi connectivity index (χ1) is 13.0. The van der Waals surface area contributed by atoms with Crippen LogP contribution in [0.4, 0.5) is 0 Å². The van der Waals surface area contributed by atoms with Gasteiger partial charge in [0.25, 0.3) is 5.91 Å². The number of nitrogens with zero attached hydrogens (tertiary/aromatic N) is 1. The second-order valence-corrected chi connectivity index (χ2v) is 7.56. The maximum atomic E-state index is 12.8. The van der Waals surface area contributed by atoms with Gasteiger partial charge in [-0.15, -0.1) is 0 Å². The van der Waals surface area contributed by atoms with E-state index >= 15 is 0 Å². The molecule has 0 bridgehead atoms. The fourth-order valence-electron chi connectivity index (χ4n) is 2.70. The van der Waals surface area contributed by atoms with Gasteiger partial charge in [-0.3, -0.25) is 14.5 Å². The normalized spacial score (nSPS) is 16.6. The van der Waals surface area contributed by atoms with Crippen molar-refractivity contribution in [2.45, 2.75) is 12.5 Å². The zero-order chi connectivity index (χ0) is 19.4. The second-order valence-electron chi connectivity index (χ2n) is 5.88. The van der Waals surface area contributed by atoms with Gasteiger partial charge in [-0.05, 0) is 17.2 Å². The highest BCUT2D eigenvalue weighted by atomic mass is 32.2. The summed E-state index contributed by atoms with van der Waals surface area (Å²) < 4.78 is 0.221. The zero-order valence-corrected chi connectivity index (χ0v) is 15.7. The highest BCUT2D eigenvalue weighted by Crippen LogP contribution is 2.34. The minimum atomic E-state index is -1.10. The van der Waals surface area contributed by atoms with E-state index in [1.807, 2.05) is 30.3 Å². The Bertz CT molecular complexity index is 923. The van der Waals surface area contributed by atoms with E-state index in [9.17, 15) is 19.5 Å². The Morgan fingerprint density at radius 3 is 2.33 bits per heavy atom. The van der Waals surface area contributed by atoms with Crippen molar-refractivity contribution in [3.8, 4) is 0 Å². The van der Waals surface area contributed by atoms with Gasteiger partial charge < -0.3 is 5.11 Å². The van der Waals surface area contributed by atoms with E-state index in [2.05, 4.69) is 0 Å². The molecule has 2 aromatic rings. The Labute approximate surface area is 165 Å². The fourth-order valence-corrected chi connectivity index (χ4v) is 4.05. The molecule has 27 heavy (non-hydrogen) atoms. The van der Waals surface area contributed by atoms with Crippen LogP contribution in [0.5, 0.6) is 0 Å². The summed E-state index contributed by atoms with van der Waals surface area (Å²) in [4.78, 5) is 36.9. The van der Waals surface area contributed by atoms with Gasteiger partial charge in [0.2, 0.25) is 0 Å². The van der Waals surface area contributed by atoms with Crippen molar-refractivity contribution >= 4 is 52.5 Å². The van der Waals surface area contributed by atoms with Gasteiger partial charge in [-0.1, -0.05) is 78.6 Å². The van der Waals surface area contributed by atoms with Crippen LogP contribution in [0.2, 0.25) is 0 Å². The number of carboxylic acid groups (broad SMARTS) is 1. The monoisotopic (exact) mass is 397 g/mol. The Hall–Kier alpha value is -2.77. The lowest BCUT2D eigenvalue weighted by Crippen LogP contribution is -2.45. The number of aliphatic carboxylic acids is 1. The minimum absolute atomic E-state index is 0.171. The molecule has 0 saturated carbocycles. The van der Waals surface area contributed by atoms with Crippen LogP contribution in [0, 0.1) is 0 Å². The number of amides is 1. The van der Waals surface area contributed by atoms with E-state index in [1.54, 1.807) is 30.3 Å². The molecule has 7 heteroatoms. The van der Waals surface area contributed by atoms with Crippen LogP contribution in [-0.4, -0.2) is 38.5 Å².